The molecule has 0 saturated heterocycles. The lowest BCUT2D eigenvalue weighted by molar-refractivity contribution is -0.144. The van der Waals surface area contributed by atoms with Crippen LogP contribution < -0.4 is 5.32 Å². The fourth-order valence-corrected chi connectivity index (χ4v) is 2.25. The van der Waals surface area contributed by atoms with Gasteiger partial charge in [-0.3, -0.25) is 4.79 Å². The van der Waals surface area contributed by atoms with E-state index >= 15 is 0 Å². The molecule has 1 aliphatic carbocycles. The first-order chi connectivity index (χ1) is 8.34. The molecule has 4 N–H and O–H groups in total. The van der Waals surface area contributed by atoms with Crippen molar-refractivity contribution in [2.24, 2.45) is 5.92 Å². The molecule has 106 valence electrons. The van der Waals surface area contributed by atoms with Crippen LogP contribution in [-0.2, 0) is 4.79 Å². The lowest BCUT2D eigenvalue weighted by Crippen LogP contribution is -2.53. The number of aliphatic carboxylic acids is 1. The van der Waals surface area contributed by atoms with E-state index in [0.717, 1.165) is 6.42 Å². The molecule has 18 heavy (non-hydrogen) atoms. The third kappa shape index (κ3) is 3.93. The molecule has 5 nitrogen and oxygen atoms in total. The van der Waals surface area contributed by atoms with Crippen LogP contribution >= 0.6 is 0 Å². The Morgan fingerprint density at radius 1 is 1.44 bits per heavy atom. The maximum Gasteiger partial charge on any atom is 0.306 e. The van der Waals surface area contributed by atoms with E-state index in [0.29, 0.717) is 32.2 Å². The zero-order valence-corrected chi connectivity index (χ0v) is 11.3. The third-order valence-corrected chi connectivity index (χ3v) is 4.24. The minimum atomic E-state index is -0.836. The number of β-amino-alcohol motifs (C(OH)–C–C–N with tert-alkyl or cyclic N) is 1. The van der Waals surface area contributed by atoms with Crippen molar-refractivity contribution >= 4 is 5.97 Å². The summed E-state index contributed by atoms with van der Waals surface area (Å²) >= 11 is 0. The van der Waals surface area contributed by atoms with Gasteiger partial charge >= 0.3 is 5.97 Å². The van der Waals surface area contributed by atoms with E-state index in [4.69, 9.17) is 5.11 Å². The number of carboxylic acid groups (broad SMARTS) is 1. The van der Waals surface area contributed by atoms with Crippen molar-refractivity contribution in [1.82, 2.24) is 5.32 Å². The molecule has 0 spiro atoms. The SMILES string of the molecule is CCC(C)(CO)NCC1(O)CCC(C(=O)O)CC1. The topological polar surface area (TPSA) is 89.8 Å². The van der Waals surface area contributed by atoms with Gasteiger partial charge in [0.1, 0.15) is 0 Å². The Hall–Kier alpha value is -0.650. The number of aliphatic hydroxyl groups excluding tert-OH is 1. The second-order valence-corrected chi connectivity index (χ2v) is 5.76. The number of carbonyl (C=O) groups is 1. The lowest BCUT2D eigenvalue weighted by atomic mass is 9.78. The molecule has 0 radical (unpaired) electrons. The van der Waals surface area contributed by atoms with Crippen molar-refractivity contribution in [2.75, 3.05) is 13.2 Å². The smallest absolute Gasteiger partial charge is 0.306 e. The number of hydrogen-bond donors (Lipinski definition) is 4. The molecule has 1 saturated carbocycles. The molecule has 5 heteroatoms. The van der Waals surface area contributed by atoms with Crippen LogP contribution in [-0.4, -0.2) is 45.6 Å². The first kappa shape index (κ1) is 15.4. The second kappa shape index (κ2) is 5.99. The van der Waals surface area contributed by atoms with Crippen molar-refractivity contribution in [2.45, 2.75) is 57.1 Å². The lowest BCUT2D eigenvalue weighted by Gasteiger charge is -2.38. The van der Waals surface area contributed by atoms with Gasteiger partial charge in [-0.25, -0.2) is 0 Å². The van der Waals surface area contributed by atoms with Gasteiger partial charge in [0.05, 0.1) is 18.1 Å². The molecule has 1 aliphatic rings. The Kier molecular flexibility index (Phi) is 5.13. The number of carboxylic acids is 1. The Morgan fingerprint density at radius 3 is 2.39 bits per heavy atom. The predicted molar refractivity (Wildman–Crippen MR) is 68.3 cm³/mol. The van der Waals surface area contributed by atoms with Crippen molar-refractivity contribution in [3.63, 3.8) is 0 Å². The second-order valence-electron chi connectivity index (χ2n) is 5.76. The first-order valence-electron chi connectivity index (χ1n) is 6.65. The standard InChI is InChI=1S/C13H25NO4/c1-3-12(2,9-15)14-8-13(18)6-4-10(5-7-13)11(16)17/h10,14-15,18H,3-9H2,1-2H3,(H,16,17). The fraction of sp³-hybridized carbons (Fsp3) is 0.923. The van der Waals surface area contributed by atoms with Crippen LogP contribution in [0.3, 0.4) is 0 Å². The van der Waals surface area contributed by atoms with Crippen LogP contribution in [0, 0.1) is 5.92 Å². The Balaban J connectivity index is 2.46. The molecule has 0 aromatic rings. The van der Waals surface area contributed by atoms with Crippen molar-refractivity contribution < 1.29 is 20.1 Å². The fourth-order valence-electron chi connectivity index (χ4n) is 2.25. The monoisotopic (exact) mass is 259 g/mol. The van der Waals surface area contributed by atoms with Gasteiger partial charge in [0.25, 0.3) is 0 Å². The summed E-state index contributed by atoms with van der Waals surface area (Å²) in [6.07, 6.45) is 2.83. The van der Waals surface area contributed by atoms with E-state index < -0.39 is 11.6 Å². The summed E-state index contributed by atoms with van der Waals surface area (Å²) in [5.41, 5.74) is -1.21. The minimum absolute atomic E-state index is 0.0251. The minimum Gasteiger partial charge on any atom is -0.481 e. The highest BCUT2D eigenvalue weighted by molar-refractivity contribution is 5.70. The molecule has 0 amide bonds. The molecule has 0 aromatic heterocycles. The molecule has 1 unspecified atom stereocenters. The van der Waals surface area contributed by atoms with Gasteiger partial charge in [0.2, 0.25) is 0 Å². The van der Waals surface area contributed by atoms with Gasteiger partial charge in [-0.15, -0.1) is 0 Å². The van der Waals surface area contributed by atoms with E-state index in [1.807, 2.05) is 13.8 Å². The normalized spacial score (nSPS) is 31.9. The van der Waals surface area contributed by atoms with E-state index in [2.05, 4.69) is 5.32 Å². The highest BCUT2D eigenvalue weighted by atomic mass is 16.4. The van der Waals surface area contributed by atoms with Crippen LogP contribution in [0.5, 0.6) is 0 Å². The Bertz CT molecular complexity index is 281. The summed E-state index contributed by atoms with van der Waals surface area (Å²) in [6, 6.07) is 0. The summed E-state index contributed by atoms with van der Waals surface area (Å²) in [7, 11) is 0. The number of aliphatic hydroxyl groups is 2. The summed E-state index contributed by atoms with van der Waals surface area (Å²) in [5.74, 6) is -1.08. The van der Waals surface area contributed by atoms with Crippen molar-refractivity contribution in [1.29, 1.82) is 0 Å². The summed E-state index contributed by atoms with van der Waals surface area (Å²) in [4.78, 5) is 10.8. The van der Waals surface area contributed by atoms with E-state index in [1.54, 1.807) is 0 Å². The summed E-state index contributed by atoms with van der Waals surface area (Å²) < 4.78 is 0. The Labute approximate surface area is 108 Å². The number of rotatable bonds is 6. The highest BCUT2D eigenvalue weighted by Crippen LogP contribution is 2.32. The highest BCUT2D eigenvalue weighted by Gasteiger charge is 2.37. The van der Waals surface area contributed by atoms with Gasteiger partial charge < -0.3 is 20.6 Å². The molecular formula is C13H25NO4. The molecule has 0 aliphatic heterocycles. The zero-order valence-electron chi connectivity index (χ0n) is 11.3. The maximum absolute atomic E-state index is 10.8. The Morgan fingerprint density at radius 2 is 2.00 bits per heavy atom. The average molecular weight is 259 g/mol. The van der Waals surface area contributed by atoms with Gasteiger partial charge in [0.15, 0.2) is 0 Å². The van der Waals surface area contributed by atoms with E-state index in [9.17, 15) is 15.0 Å². The molecule has 0 heterocycles. The van der Waals surface area contributed by atoms with Gasteiger partial charge in [-0.2, -0.15) is 0 Å². The van der Waals surface area contributed by atoms with Crippen LogP contribution in [0.2, 0.25) is 0 Å². The summed E-state index contributed by atoms with van der Waals surface area (Å²) in [5, 5.41) is 31.8. The summed E-state index contributed by atoms with van der Waals surface area (Å²) in [6.45, 7) is 4.33. The van der Waals surface area contributed by atoms with Crippen molar-refractivity contribution in [3.8, 4) is 0 Å². The molecular weight excluding hydrogens is 234 g/mol. The van der Waals surface area contributed by atoms with Gasteiger partial charge in [0, 0.05) is 12.1 Å². The first-order valence-corrected chi connectivity index (χ1v) is 6.65. The van der Waals surface area contributed by atoms with Crippen molar-refractivity contribution in [3.05, 3.63) is 0 Å². The molecule has 0 bridgehead atoms. The quantitative estimate of drug-likeness (QED) is 0.565. The van der Waals surface area contributed by atoms with Crippen LogP contribution in [0.4, 0.5) is 0 Å². The number of nitrogens with one attached hydrogen (secondary N) is 1. The molecule has 1 atom stereocenters. The number of hydrogen-bond acceptors (Lipinski definition) is 4. The van der Waals surface area contributed by atoms with Crippen LogP contribution in [0.15, 0.2) is 0 Å². The van der Waals surface area contributed by atoms with Gasteiger partial charge in [-0.05, 0) is 39.0 Å². The molecule has 1 fully saturated rings. The molecule has 1 rings (SSSR count). The van der Waals surface area contributed by atoms with E-state index in [1.165, 1.54) is 0 Å². The van der Waals surface area contributed by atoms with Gasteiger partial charge in [-0.1, -0.05) is 6.92 Å². The van der Waals surface area contributed by atoms with Crippen LogP contribution in [0.1, 0.15) is 46.0 Å². The van der Waals surface area contributed by atoms with E-state index in [-0.39, 0.29) is 18.1 Å². The third-order valence-electron chi connectivity index (χ3n) is 4.24. The predicted octanol–water partition coefficient (Wildman–Crippen LogP) is 0.743. The average Bonchev–Trinajstić information content (AvgIpc) is 2.37. The zero-order chi connectivity index (χ0) is 13.8. The largest absolute Gasteiger partial charge is 0.481 e. The maximum atomic E-state index is 10.8. The molecule has 0 aromatic carbocycles. The van der Waals surface area contributed by atoms with Crippen LogP contribution in [0.25, 0.3) is 0 Å².